The van der Waals surface area contributed by atoms with E-state index in [1.54, 1.807) is 25.3 Å². The highest BCUT2D eigenvalue weighted by Crippen LogP contribution is 2.27. The van der Waals surface area contributed by atoms with E-state index in [1.807, 2.05) is 45.0 Å². The molecule has 0 aromatic heterocycles. The highest BCUT2D eigenvalue weighted by Gasteiger charge is 2.35. The second-order valence-corrected chi connectivity index (χ2v) is 6.86. The van der Waals surface area contributed by atoms with Crippen molar-refractivity contribution >= 4 is 40.9 Å². The number of methoxy groups -OCH3 is 1. The van der Waals surface area contributed by atoms with E-state index in [2.05, 4.69) is 5.32 Å². The number of nitrogens with zero attached hydrogens (tertiary/aromatic N) is 1. The zero-order chi connectivity index (χ0) is 19.7. The lowest BCUT2D eigenvalue weighted by atomic mass is 10.0. The van der Waals surface area contributed by atoms with E-state index in [1.165, 1.54) is 4.90 Å². The lowest BCUT2D eigenvalue weighted by Crippen LogP contribution is -2.54. The minimum atomic E-state index is -0.500. The van der Waals surface area contributed by atoms with Crippen molar-refractivity contribution in [2.24, 2.45) is 0 Å². The van der Waals surface area contributed by atoms with Crippen LogP contribution in [0, 0.1) is 20.8 Å². The summed E-state index contributed by atoms with van der Waals surface area (Å²) in [6.07, 6.45) is 1.57. The van der Waals surface area contributed by atoms with Crippen molar-refractivity contribution in [2.45, 2.75) is 20.8 Å². The monoisotopic (exact) mass is 380 g/mol. The first-order valence-electron chi connectivity index (χ1n) is 8.45. The van der Waals surface area contributed by atoms with Crippen LogP contribution in [0.25, 0.3) is 6.08 Å². The molecule has 138 valence electrons. The molecule has 1 fully saturated rings. The number of aryl methyl sites for hydroxylation is 3. The van der Waals surface area contributed by atoms with Gasteiger partial charge in [-0.3, -0.25) is 19.8 Å². The van der Waals surface area contributed by atoms with E-state index in [-0.39, 0.29) is 10.7 Å². The van der Waals surface area contributed by atoms with Crippen LogP contribution in [0.2, 0.25) is 0 Å². The Kier molecular flexibility index (Phi) is 5.10. The lowest BCUT2D eigenvalue weighted by Gasteiger charge is -2.30. The first-order valence-corrected chi connectivity index (χ1v) is 8.86. The third kappa shape index (κ3) is 3.61. The van der Waals surface area contributed by atoms with Gasteiger partial charge < -0.3 is 4.74 Å². The van der Waals surface area contributed by atoms with Crippen LogP contribution in [0.5, 0.6) is 5.75 Å². The summed E-state index contributed by atoms with van der Waals surface area (Å²) >= 11 is 5.26. The number of carbonyl (C=O) groups is 2. The van der Waals surface area contributed by atoms with Gasteiger partial charge in [0.2, 0.25) is 0 Å². The maximum absolute atomic E-state index is 13.1. The third-order valence-corrected chi connectivity index (χ3v) is 4.71. The number of hydrogen-bond donors (Lipinski definition) is 1. The van der Waals surface area contributed by atoms with Crippen LogP contribution in [-0.4, -0.2) is 24.0 Å². The number of rotatable bonds is 3. The van der Waals surface area contributed by atoms with Gasteiger partial charge in [0.1, 0.15) is 11.3 Å². The number of thiocarbonyl (C=S) groups is 1. The van der Waals surface area contributed by atoms with Crippen molar-refractivity contribution in [1.29, 1.82) is 0 Å². The molecule has 1 saturated heterocycles. The predicted octanol–water partition coefficient (Wildman–Crippen LogP) is 3.45. The fraction of sp³-hybridized carbons (Fsp3) is 0.190. The Morgan fingerprint density at radius 1 is 1.04 bits per heavy atom. The second-order valence-electron chi connectivity index (χ2n) is 6.48. The van der Waals surface area contributed by atoms with Gasteiger partial charge in [-0.25, -0.2) is 0 Å². The number of nitrogens with one attached hydrogen (secondary N) is 1. The standard InChI is InChI=1S/C21H20N2O3S/c1-12-5-7-17(13(2)9-12)23-20(25)16(19(24)22-21(23)27)11-15-6-8-18(26-4)14(3)10-15/h5-11H,1-4H3,(H,22,24,27). The van der Waals surface area contributed by atoms with Gasteiger partial charge in [0.15, 0.2) is 5.11 Å². The van der Waals surface area contributed by atoms with Crippen LogP contribution in [0.1, 0.15) is 22.3 Å². The number of benzene rings is 2. The average molecular weight is 380 g/mol. The lowest BCUT2D eigenvalue weighted by molar-refractivity contribution is -0.122. The van der Waals surface area contributed by atoms with Crippen LogP contribution in [-0.2, 0) is 9.59 Å². The number of ether oxygens (including phenoxy) is 1. The summed E-state index contributed by atoms with van der Waals surface area (Å²) in [5.74, 6) is -0.196. The molecule has 0 aliphatic carbocycles. The Balaban J connectivity index is 2.03. The first-order chi connectivity index (χ1) is 12.8. The molecule has 5 nitrogen and oxygen atoms in total. The minimum Gasteiger partial charge on any atom is -0.496 e. The van der Waals surface area contributed by atoms with Crippen molar-refractivity contribution in [2.75, 3.05) is 12.0 Å². The fourth-order valence-electron chi connectivity index (χ4n) is 3.09. The van der Waals surface area contributed by atoms with Crippen molar-refractivity contribution in [3.63, 3.8) is 0 Å². The Morgan fingerprint density at radius 2 is 1.78 bits per heavy atom. The molecule has 1 aliphatic rings. The van der Waals surface area contributed by atoms with E-state index in [9.17, 15) is 9.59 Å². The molecule has 6 heteroatoms. The zero-order valence-electron chi connectivity index (χ0n) is 15.6. The summed E-state index contributed by atoms with van der Waals surface area (Å²) in [5.41, 5.74) is 4.33. The largest absolute Gasteiger partial charge is 0.496 e. The topological polar surface area (TPSA) is 58.6 Å². The molecule has 3 rings (SSSR count). The summed E-state index contributed by atoms with van der Waals surface area (Å²) in [6, 6.07) is 11.2. The SMILES string of the molecule is COc1ccc(C=C2C(=O)NC(=S)N(c3ccc(C)cc3C)C2=O)cc1C. The molecule has 0 saturated carbocycles. The second kappa shape index (κ2) is 7.32. The van der Waals surface area contributed by atoms with Gasteiger partial charge in [0.25, 0.3) is 11.8 Å². The molecule has 0 unspecified atom stereocenters. The van der Waals surface area contributed by atoms with Gasteiger partial charge in [-0.05, 0) is 74.0 Å². The summed E-state index contributed by atoms with van der Waals surface area (Å²) in [6.45, 7) is 5.79. The molecule has 0 atom stereocenters. The molecule has 2 amide bonds. The van der Waals surface area contributed by atoms with Gasteiger partial charge in [-0.15, -0.1) is 0 Å². The summed E-state index contributed by atoms with van der Waals surface area (Å²) < 4.78 is 5.25. The Hall–Kier alpha value is -2.99. The Labute approximate surface area is 163 Å². The molecule has 1 N–H and O–H groups in total. The molecule has 0 spiro atoms. The van der Waals surface area contributed by atoms with Crippen molar-refractivity contribution < 1.29 is 14.3 Å². The molecule has 0 bridgehead atoms. The highest BCUT2D eigenvalue weighted by atomic mass is 32.1. The molecule has 2 aromatic rings. The maximum atomic E-state index is 13.1. The van der Waals surface area contributed by atoms with Gasteiger partial charge in [-0.1, -0.05) is 23.8 Å². The van der Waals surface area contributed by atoms with Crippen LogP contribution in [0.3, 0.4) is 0 Å². The average Bonchev–Trinajstić information content (AvgIpc) is 2.60. The van der Waals surface area contributed by atoms with Crippen molar-refractivity contribution in [3.8, 4) is 5.75 Å². The molecule has 2 aromatic carbocycles. The first kappa shape index (κ1) is 18.8. The Bertz CT molecular complexity index is 995. The predicted molar refractivity (Wildman–Crippen MR) is 110 cm³/mol. The molecule has 0 radical (unpaired) electrons. The summed E-state index contributed by atoms with van der Waals surface area (Å²) in [7, 11) is 1.60. The Morgan fingerprint density at radius 3 is 2.41 bits per heavy atom. The smallest absolute Gasteiger partial charge is 0.270 e. The van der Waals surface area contributed by atoms with E-state index in [0.29, 0.717) is 5.69 Å². The van der Waals surface area contributed by atoms with Crippen molar-refractivity contribution in [3.05, 3.63) is 64.2 Å². The van der Waals surface area contributed by atoms with E-state index in [0.717, 1.165) is 28.0 Å². The number of hydrogen-bond acceptors (Lipinski definition) is 4. The van der Waals surface area contributed by atoms with Gasteiger partial charge in [-0.2, -0.15) is 0 Å². The van der Waals surface area contributed by atoms with E-state index < -0.39 is 11.8 Å². The number of carbonyl (C=O) groups excluding carboxylic acids is 2. The molecule has 1 aliphatic heterocycles. The van der Waals surface area contributed by atoms with E-state index >= 15 is 0 Å². The highest BCUT2D eigenvalue weighted by molar-refractivity contribution is 7.80. The van der Waals surface area contributed by atoms with Crippen LogP contribution >= 0.6 is 12.2 Å². The quantitative estimate of drug-likeness (QED) is 0.503. The van der Waals surface area contributed by atoms with E-state index in [4.69, 9.17) is 17.0 Å². The van der Waals surface area contributed by atoms with Gasteiger partial charge in [0, 0.05) is 0 Å². The fourth-order valence-corrected chi connectivity index (χ4v) is 3.36. The summed E-state index contributed by atoms with van der Waals surface area (Å²) in [4.78, 5) is 26.9. The molecular formula is C21H20N2O3S. The van der Waals surface area contributed by atoms with Gasteiger partial charge in [0.05, 0.1) is 12.8 Å². The molecular weight excluding hydrogens is 360 g/mol. The zero-order valence-corrected chi connectivity index (χ0v) is 16.4. The molecule has 1 heterocycles. The number of amides is 2. The normalized spacial score (nSPS) is 15.9. The number of anilines is 1. The van der Waals surface area contributed by atoms with Gasteiger partial charge >= 0.3 is 0 Å². The van der Waals surface area contributed by atoms with Crippen LogP contribution in [0.15, 0.2) is 42.0 Å². The summed E-state index contributed by atoms with van der Waals surface area (Å²) in [5, 5.41) is 2.70. The van der Waals surface area contributed by atoms with Crippen molar-refractivity contribution in [1.82, 2.24) is 5.32 Å². The third-order valence-electron chi connectivity index (χ3n) is 4.42. The van der Waals surface area contributed by atoms with Crippen LogP contribution < -0.4 is 15.0 Å². The van der Waals surface area contributed by atoms with Crippen LogP contribution in [0.4, 0.5) is 5.69 Å². The molecule has 27 heavy (non-hydrogen) atoms. The maximum Gasteiger partial charge on any atom is 0.270 e. The minimum absolute atomic E-state index is 0.0353.